The fourth-order valence-corrected chi connectivity index (χ4v) is 4.37. The van der Waals surface area contributed by atoms with Crippen molar-refractivity contribution < 1.29 is 9.59 Å². The van der Waals surface area contributed by atoms with E-state index in [0.29, 0.717) is 35.2 Å². The molecule has 0 aliphatic carbocycles. The third-order valence-electron chi connectivity index (χ3n) is 4.62. The lowest BCUT2D eigenvalue weighted by Gasteiger charge is -2.31. The molecule has 4 nitrogen and oxygen atoms in total. The van der Waals surface area contributed by atoms with Crippen LogP contribution in [0.4, 0.5) is 0 Å². The van der Waals surface area contributed by atoms with Crippen LogP contribution in [0.2, 0.25) is 10.0 Å². The van der Waals surface area contributed by atoms with Crippen molar-refractivity contribution in [1.29, 1.82) is 0 Å². The Kier molecular flexibility index (Phi) is 10.6. The number of nitrogens with one attached hydrogen (secondary N) is 1. The molecule has 0 aliphatic heterocycles. The highest BCUT2D eigenvalue weighted by atomic mass is 35.5. The van der Waals surface area contributed by atoms with Gasteiger partial charge in [0.1, 0.15) is 6.04 Å². The van der Waals surface area contributed by atoms with E-state index in [0.717, 1.165) is 16.9 Å². The van der Waals surface area contributed by atoms with E-state index in [9.17, 15) is 9.59 Å². The molecule has 162 valence electrons. The highest BCUT2D eigenvalue weighted by Gasteiger charge is 2.28. The van der Waals surface area contributed by atoms with Gasteiger partial charge in [0.05, 0.1) is 0 Å². The van der Waals surface area contributed by atoms with Crippen molar-refractivity contribution in [3.05, 3.63) is 64.1 Å². The highest BCUT2D eigenvalue weighted by molar-refractivity contribution is 7.99. The first kappa shape index (κ1) is 24.6. The number of carbonyl (C=O) groups is 2. The third-order valence-corrected chi connectivity index (χ3v) is 6.22. The van der Waals surface area contributed by atoms with Gasteiger partial charge in [0, 0.05) is 40.2 Å². The Morgan fingerprint density at radius 3 is 2.47 bits per heavy atom. The van der Waals surface area contributed by atoms with Crippen LogP contribution in [0.25, 0.3) is 0 Å². The maximum Gasteiger partial charge on any atom is 0.242 e. The third kappa shape index (κ3) is 7.53. The first-order chi connectivity index (χ1) is 14.5. The zero-order valence-corrected chi connectivity index (χ0v) is 19.7. The van der Waals surface area contributed by atoms with Gasteiger partial charge in [-0.1, -0.05) is 61.3 Å². The Hall–Kier alpha value is -1.69. The minimum absolute atomic E-state index is 0.0667. The molecule has 0 saturated carbocycles. The molecule has 2 amide bonds. The second kappa shape index (κ2) is 12.9. The van der Waals surface area contributed by atoms with Gasteiger partial charge in [-0.05, 0) is 42.7 Å². The Bertz CT molecular complexity index is 833. The highest BCUT2D eigenvalue weighted by Crippen LogP contribution is 2.25. The smallest absolute Gasteiger partial charge is 0.242 e. The van der Waals surface area contributed by atoms with Crippen LogP contribution in [0, 0.1) is 0 Å². The SMILES string of the molecule is CCCNC(=O)C(CC)N(Cc1ccc(Cl)cc1Cl)C(=O)CCSc1ccccc1. The molecule has 2 rings (SSSR count). The molecule has 0 saturated heterocycles. The first-order valence-corrected chi connectivity index (χ1v) is 11.9. The standard InChI is InChI=1S/C23H28Cl2N2O2S/c1-3-13-26-23(29)21(4-2)27(16-17-10-11-18(24)15-20(17)25)22(28)12-14-30-19-8-6-5-7-9-19/h5-11,15,21H,3-4,12-14,16H2,1-2H3,(H,26,29). The van der Waals surface area contributed by atoms with Crippen LogP contribution < -0.4 is 5.32 Å². The monoisotopic (exact) mass is 466 g/mol. The quantitative estimate of drug-likeness (QED) is 0.425. The number of thioether (sulfide) groups is 1. The molecular formula is C23H28Cl2N2O2S. The number of hydrogen-bond donors (Lipinski definition) is 1. The van der Waals surface area contributed by atoms with Gasteiger partial charge in [0.15, 0.2) is 0 Å². The van der Waals surface area contributed by atoms with E-state index in [1.807, 2.05) is 44.2 Å². The maximum atomic E-state index is 13.2. The van der Waals surface area contributed by atoms with Crippen LogP contribution >= 0.6 is 35.0 Å². The van der Waals surface area contributed by atoms with E-state index in [2.05, 4.69) is 5.32 Å². The van der Waals surface area contributed by atoms with Crippen molar-refractivity contribution in [3.8, 4) is 0 Å². The van der Waals surface area contributed by atoms with Crippen molar-refractivity contribution in [2.75, 3.05) is 12.3 Å². The zero-order valence-electron chi connectivity index (χ0n) is 17.4. The van der Waals surface area contributed by atoms with Crippen molar-refractivity contribution >= 4 is 46.8 Å². The number of nitrogens with zero attached hydrogens (tertiary/aromatic N) is 1. The number of halogens is 2. The summed E-state index contributed by atoms with van der Waals surface area (Å²) in [5, 5.41) is 3.94. The topological polar surface area (TPSA) is 49.4 Å². The lowest BCUT2D eigenvalue weighted by atomic mass is 10.1. The summed E-state index contributed by atoms with van der Waals surface area (Å²) in [6.45, 7) is 4.77. The van der Waals surface area contributed by atoms with Gasteiger partial charge in [-0.2, -0.15) is 0 Å². The summed E-state index contributed by atoms with van der Waals surface area (Å²) in [6.07, 6.45) is 1.70. The minimum atomic E-state index is -0.544. The molecule has 0 heterocycles. The first-order valence-electron chi connectivity index (χ1n) is 10.1. The largest absolute Gasteiger partial charge is 0.354 e. The number of hydrogen-bond acceptors (Lipinski definition) is 3. The fourth-order valence-electron chi connectivity index (χ4n) is 3.04. The summed E-state index contributed by atoms with van der Waals surface area (Å²) < 4.78 is 0. The van der Waals surface area contributed by atoms with E-state index in [-0.39, 0.29) is 18.4 Å². The zero-order chi connectivity index (χ0) is 21.9. The minimum Gasteiger partial charge on any atom is -0.354 e. The lowest BCUT2D eigenvalue weighted by molar-refractivity contribution is -0.141. The molecule has 0 radical (unpaired) electrons. The molecule has 0 fully saturated rings. The van der Waals surface area contributed by atoms with Gasteiger partial charge in [-0.25, -0.2) is 0 Å². The maximum absolute atomic E-state index is 13.2. The fraction of sp³-hybridized carbons (Fsp3) is 0.391. The van der Waals surface area contributed by atoms with Crippen LogP contribution in [-0.4, -0.2) is 35.1 Å². The Balaban J connectivity index is 2.15. The van der Waals surface area contributed by atoms with E-state index < -0.39 is 6.04 Å². The van der Waals surface area contributed by atoms with Crippen molar-refractivity contribution in [2.24, 2.45) is 0 Å². The number of rotatable bonds is 11. The van der Waals surface area contributed by atoms with Crippen LogP contribution in [-0.2, 0) is 16.1 Å². The van der Waals surface area contributed by atoms with Crippen molar-refractivity contribution in [3.63, 3.8) is 0 Å². The van der Waals surface area contributed by atoms with Crippen LogP contribution in [0.1, 0.15) is 38.7 Å². The Labute approximate surface area is 193 Å². The van der Waals surface area contributed by atoms with Crippen LogP contribution in [0.5, 0.6) is 0 Å². The van der Waals surface area contributed by atoms with E-state index in [4.69, 9.17) is 23.2 Å². The van der Waals surface area contributed by atoms with Crippen molar-refractivity contribution in [2.45, 2.75) is 50.6 Å². The predicted octanol–water partition coefficient (Wildman–Crippen LogP) is 5.81. The molecule has 2 aromatic rings. The van der Waals surface area contributed by atoms with Gasteiger partial charge >= 0.3 is 0 Å². The molecule has 2 aromatic carbocycles. The van der Waals surface area contributed by atoms with Gasteiger partial charge in [0.2, 0.25) is 11.8 Å². The van der Waals surface area contributed by atoms with Gasteiger partial charge in [0.25, 0.3) is 0 Å². The average molecular weight is 467 g/mol. The molecule has 30 heavy (non-hydrogen) atoms. The average Bonchev–Trinajstić information content (AvgIpc) is 2.74. The lowest BCUT2D eigenvalue weighted by Crippen LogP contribution is -2.49. The summed E-state index contributed by atoms with van der Waals surface area (Å²) >= 11 is 14.0. The van der Waals surface area contributed by atoms with E-state index >= 15 is 0 Å². The van der Waals surface area contributed by atoms with Crippen LogP contribution in [0.15, 0.2) is 53.4 Å². The summed E-state index contributed by atoms with van der Waals surface area (Å²) in [5.74, 6) is 0.442. The summed E-state index contributed by atoms with van der Waals surface area (Å²) in [4.78, 5) is 28.7. The van der Waals surface area contributed by atoms with Crippen molar-refractivity contribution in [1.82, 2.24) is 10.2 Å². The normalized spacial score (nSPS) is 11.7. The predicted molar refractivity (Wildman–Crippen MR) is 126 cm³/mol. The van der Waals surface area contributed by atoms with E-state index in [1.54, 1.807) is 34.9 Å². The van der Waals surface area contributed by atoms with E-state index in [1.165, 1.54) is 0 Å². The molecular weight excluding hydrogens is 439 g/mol. The number of amides is 2. The van der Waals surface area contributed by atoms with Crippen LogP contribution in [0.3, 0.4) is 0 Å². The summed E-state index contributed by atoms with van der Waals surface area (Å²) in [7, 11) is 0. The number of benzene rings is 2. The summed E-state index contributed by atoms with van der Waals surface area (Å²) in [5.41, 5.74) is 0.770. The molecule has 0 aliphatic rings. The second-order valence-electron chi connectivity index (χ2n) is 6.88. The Morgan fingerprint density at radius 2 is 1.83 bits per heavy atom. The molecule has 1 atom stereocenters. The molecule has 0 bridgehead atoms. The van der Waals surface area contributed by atoms with Gasteiger partial charge < -0.3 is 10.2 Å². The second-order valence-corrected chi connectivity index (χ2v) is 8.90. The summed E-state index contributed by atoms with van der Waals surface area (Å²) in [6, 6.07) is 14.6. The molecule has 1 unspecified atom stereocenters. The molecule has 0 aromatic heterocycles. The Morgan fingerprint density at radius 1 is 1.10 bits per heavy atom. The number of carbonyl (C=O) groups excluding carboxylic acids is 2. The van der Waals surface area contributed by atoms with Gasteiger partial charge in [-0.15, -0.1) is 11.8 Å². The molecule has 7 heteroatoms. The molecule has 1 N–H and O–H groups in total. The van der Waals surface area contributed by atoms with Gasteiger partial charge in [-0.3, -0.25) is 9.59 Å². The molecule has 0 spiro atoms.